The summed E-state index contributed by atoms with van der Waals surface area (Å²) in [7, 11) is 0. The second-order valence-electron chi connectivity index (χ2n) is 2.37. The van der Waals surface area contributed by atoms with Crippen molar-refractivity contribution in [2.24, 2.45) is 0 Å². The quantitative estimate of drug-likeness (QED) is 0.530. The first-order chi connectivity index (χ1) is 5.43. The first-order valence-electron chi connectivity index (χ1n) is 3.90. The fourth-order valence-corrected chi connectivity index (χ4v) is 1.24. The third kappa shape index (κ3) is 4.89. The third-order valence-electron chi connectivity index (χ3n) is 1.41. The average Bonchev–Trinajstić information content (AvgIpc) is 2.07. The zero-order chi connectivity index (χ0) is 7.94. The van der Waals surface area contributed by atoms with Crippen LogP contribution >= 0.6 is 0 Å². The van der Waals surface area contributed by atoms with Gasteiger partial charge in [0.25, 0.3) is 0 Å². The standard InChI is InChI=1S/C9H11O.BrH.Zn/c1-2-8-10-9-6-4-3-5-7-9;;/h3-7H,1-2,8H2;1H;/q;;+1/p-1. The fourth-order valence-electron chi connectivity index (χ4n) is 0.809. The Morgan fingerprint density at radius 3 is 2.42 bits per heavy atom. The molecule has 0 bridgehead atoms. The molecule has 1 nitrogen and oxygen atoms in total. The summed E-state index contributed by atoms with van der Waals surface area (Å²) >= 11 is 1.37. The van der Waals surface area contributed by atoms with Gasteiger partial charge in [-0.3, -0.25) is 0 Å². The van der Waals surface area contributed by atoms with E-state index in [4.69, 9.17) is 4.74 Å². The van der Waals surface area contributed by atoms with E-state index in [1.54, 1.807) is 0 Å². The summed E-state index contributed by atoms with van der Waals surface area (Å²) < 4.78 is 5.47. The molecule has 62 valence electrons. The number of para-hydroxylation sites is 1. The topological polar surface area (TPSA) is 9.23 Å². The van der Waals surface area contributed by atoms with Crippen LogP contribution in [-0.4, -0.2) is 6.61 Å². The Labute approximate surface area is 94.0 Å². The second kappa shape index (κ2) is 7.76. The van der Waals surface area contributed by atoms with Crippen LogP contribution in [0.15, 0.2) is 30.3 Å². The maximum atomic E-state index is 5.47. The molecule has 0 radical (unpaired) electrons. The van der Waals surface area contributed by atoms with Crippen molar-refractivity contribution in [1.82, 2.24) is 0 Å². The van der Waals surface area contributed by atoms with E-state index in [0.717, 1.165) is 12.4 Å². The summed E-state index contributed by atoms with van der Waals surface area (Å²) in [6, 6.07) is 9.97. The van der Waals surface area contributed by atoms with Gasteiger partial charge in [0.2, 0.25) is 0 Å². The van der Waals surface area contributed by atoms with Gasteiger partial charge < -0.3 is 17.0 Å². The molecule has 0 saturated heterocycles. The van der Waals surface area contributed by atoms with Crippen molar-refractivity contribution in [3.8, 4) is 5.75 Å². The number of rotatable bonds is 4. The van der Waals surface area contributed by atoms with Crippen molar-refractivity contribution in [3.63, 3.8) is 0 Å². The first-order valence-corrected chi connectivity index (χ1v) is 6.00. The number of ether oxygens (including phenoxy) is 1. The van der Waals surface area contributed by atoms with Gasteiger partial charge in [0.05, 0.1) is 0 Å². The van der Waals surface area contributed by atoms with Gasteiger partial charge in [-0.2, -0.15) is 0 Å². The molecule has 3 heteroatoms. The number of hydrogen-bond acceptors (Lipinski definition) is 1. The second-order valence-corrected chi connectivity index (χ2v) is 3.85. The molecule has 0 fully saturated rings. The van der Waals surface area contributed by atoms with Crippen LogP contribution in [0.25, 0.3) is 0 Å². The predicted molar refractivity (Wildman–Crippen MR) is 41.4 cm³/mol. The minimum absolute atomic E-state index is 0. The van der Waals surface area contributed by atoms with E-state index in [0.29, 0.717) is 0 Å². The van der Waals surface area contributed by atoms with Crippen molar-refractivity contribution in [2.75, 3.05) is 6.61 Å². The van der Waals surface area contributed by atoms with Crippen LogP contribution in [0.3, 0.4) is 0 Å². The molecular weight excluding hydrogens is 269 g/mol. The molecule has 0 aliphatic carbocycles. The monoisotopic (exact) mass is 278 g/mol. The van der Waals surface area contributed by atoms with Crippen molar-refractivity contribution in [2.45, 2.75) is 11.4 Å². The Morgan fingerprint density at radius 2 is 1.83 bits per heavy atom. The molecule has 1 rings (SSSR count). The van der Waals surface area contributed by atoms with Crippen LogP contribution in [0.1, 0.15) is 6.42 Å². The molecule has 0 amide bonds. The van der Waals surface area contributed by atoms with Gasteiger partial charge in [-0.25, -0.2) is 0 Å². The average molecular weight is 280 g/mol. The van der Waals surface area contributed by atoms with Gasteiger partial charge in [-0.15, -0.1) is 0 Å². The molecule has 1 aromatic rings. The van der Waals surface area contributed by atoms with Crippen molar-refractivity contribution in [3.05, 3.63) is 30.3 Å². The maximum absolute atomic E-state index is 5.47. The fraction of sp³-hybridized carbons (Fsp3) is 0.333. The van der Waals surface area contributed by atoms with E-state index in [2.05, 4.69) is 0 Å². The molecule has 0 heterocycles. The van der Waals surface area contributed by atoms with Crippen LogP contribution in [0.4, 0.5) is 0 Å². The number of halogens is 1. The summed E-state index contributed by atoms with van der Waals surface area (Å²) in [6.45, 7) is 0.865. The summed E-state index contributed by atoms with van der Waals surface area (Å²) in [5.74, 6) is 0.987. The van der Waals surface area contributed by atoms with E-state index < -0.39 is 0 Å². The van der Waals surface area contributed by atoms with Gasteiger partial charge in [-0.1, -0.05) is 0 Å². The first kappa shape index (κ1) is 12.1. The van der Waals surface area contributed by atoms with Gasteiger partial charge in [-0.05, 0) is 0 Å². The Morgan fingerprint density at radius 1 is 1.17 bits per heavy atom. The number of hydrogen-bond donors (Lipinski definition) is 0. The summed E-state index contributed by atoms with van der Waals surface area (Å²) in [4.78, 5) is 0. The SMILES string of the molecule is [Br-].[Zn+][CH2]CCOc1ccccc1. The van der Waals surface area contributed by atoms with Gasteiger partial charge >= 0.3 is 77.2 Å². The predicted octanol–water partition coefficient (Wildman–Crippen LogP) is -0.575. The summed E-state index contributed by atoms with van der Waals surface area (Å²) in [5.41, 5.74) is 0. The van der Waals surface area contributed by atoms with E-state index in [1.807, 2.05) is 30.3 Å². The molecule has 12 heavy (non-hydrogen) atoms. The molecule has 0 spiro atoms. The summed E-state index contributed by atoms with van der Waals surface area (Å²) in [6.07, 6.45) is 1.19. The summed E-state index contributed by atoms with van der Waals surface area (Å²) in [5, 5.41) is 1.31. The van der Waals surface area contributed by atoms with Crippen molar-refractivity contribution in [1.29, 1.82) is 0 Å². The van der Waals surface area contributed by atoms with Gasteiger partial charge in [0.15, 0.2) is 0 Å². The Bertz CT molecular complexity index is 191. The molecule has 0 saturated carbocycles. The van der Waals surface area contributed by atoms with Crippen LogP contribution < -0.4 is 21.7 Å². The Kier molecular flexibility index (Phi) is 7.84. The number of benzene rings is 1. The van der Waals surface area contributed by atoms with Gasteiger partial charge in [0.1, 0.15) is 0 Å². The van der Waals surface area contributed by atoms with E-state index >= 15 is 0 Å². The van der Waals surface area contributed by atoms with E-state index in [9.17, 15) is 0 Å². The van der Waals surface area contributed by atoms with Crippen LogP contribution in [-0.2, 0) is 18.3 Å². The molecular formula is C9H11BrOZn. The van der Waals surface area contributed by atoms with E-state index in [-0.39, 0.29) is 17.0 Å². The minimum atomic E-state index is 0. The normalized spacial score (nSPS) is 8.83. The van der Waals surface area contributed by atoms with Crippen molar-refractivity contribution < 1.29 is 40.0 Å². The molecule has 0 atom stereocenters. The third-order valence-corrected chi connectivity index (χ3v) is 2.46. The molecule has 0 unspecified atom stereocenters. The van der Waals surface area contributed by atoms with Crippen molar-refractivity contribution >= 4 is 0 Å². The Hall–Kier alpha value is 0.123. The zero-order valence-electron chi connectivity index (χ0n) is 7.00. The molecule has 0 aromatic heterocycles. The van der Waals surface area contributed by atoms with Gasteiger partial charge in [0, 0.05) is 0 Å². The molecule has 0 aliphatic heterocycles. The Balaban J connectivity index is 0.00000121. The molecule has 0 N–H and O–H groups in total. The van der Waals surface area contributed by atoms with Crippen LogP contribution in [0, 0.1) is 0 Å². The van der Waals surface area contributed by atoms with Crippen LogP contribution in [0.5, 0.6) is 5.75 Å². The van der Waals surface area contributed by atoms with Crippen LogP contribution in [0.2, 0.25) is 5.02 Å². The molecule has 0 aliphatic rings. The zero-order valence-corrected chi connectivity index (χ0v) is 11.6. The molecule has 1 aromatic carbocycles. The van der Waals surface area contributed by atoms with E-state index in [1.165, 1.54) is 29.7 Å².